The van der Waals surface area contributed by atoms with Crippen molar-refractivity contribution in [2.75, 3.05) is 0 Å². The molecular weight excluding hydrogens is 420 g/mol. The van der Waals surface area contributed by atoms with Crippen molar-refractivity contribution < 1.29 is 17.9 Å². The SMILES string of the molecule is Cc1cc(C=N)cc2c(=O)oc(-c3cc(OC(F)F)nn3-c3ncccc3Cl)nc12. The van der Waals surface area contributed by atoms with E-state index in [1.807, 2.05) is 0 Å². The summed E-state index contributed by atoms with van der Waals surface area (Å²) in [5, 5.41) is 11.7. The van der Waals surface area contributed by atoms with Gasteiger partial charge in [0.25, 0.3) is 0 Å². The number of aryl methyl sites for hydroxylation is 1. The lowest BCUT2D eigenvalue weighted by molar-refractivity contribution is -0.0530. The molecule has 0 spiro atoms. The molecule has 0 saturated heterocycles. The zero-order valence-corrected chi connectivity index (χ0v) is 16.0. The highest BCUT2D eigenvalue weighted by molar-refractivity contribution is 6.32. The van der Waals surface area contributed by atoms with Crippen LogP contribution in [0.4, 0.5) is 8.78 Å². The van der Waals surface area contributed by atoms with E-state index in [-0.39, 0.29) is 27.8 Å². The second kappa shape index (κ2) is 7.64. The minimum absolute atomic E-state index is 0.0424. The molecule has 0 radical (unpaired) electrons. The highest BCUT2D eigenvalue weighted by atomic mass is 35.5. The van der Waals surface area contributed by atoms with Crippen LogP contribution in [0.2, 0.25) is 5.02 Å². The molecule has 30 heavy (non-hydrogen) atoms. The van der Waals surface area contributed by atoms with E-state index in [0.717, 1.165) is 17.0 Å². The predicted octanol–water partition coefficient (Wildman–Crippen LogP) is 4.00. The smallest absolute Gasteiger partial charge is 0.388 e. The van der Waals surface area contributed by atoms with E-state index in [0.29, 0.717) is 16.6 Å². The number of benzene rings is 1. The molecule has 0 aliphatic heterocycles. The van der Waals surface area contributed by atoms with Gasteiger partial charge in [-0.25, -0.2) is 19.4 Å². The molecule has 0 aliphatic rings. The summed E-state index contributed by atoms with van der Waals surface area (Å²) < 4.78 is 36.3. The molecule has 152 valence electrons. The van der Waals surface area contributed by atoms with Gasteiger partial charge in [0.2, 0.25) is 11.8 Å². The first kappa shape index (κ1) is 19.6. The molecular formula is C19H12ClF2N5O3. The van der Waals surface area contributed by atoms with E-state index in [1.165, 1.54) is 18.3 Å². The van der Waals surface area contributed by atoms with E-state index >= 15 is 0 Å². The van der Waals surface area contributed by atoms with Crippen LogP contribution in [-0.2, 0) is 0 Å². The average Bonchev–Trinajstić information content (AvgIpc) is 3.11. The molecule has 0 atom stereocenters. The molecule has 4 rings (SSSR count). The Labute approximate surface area is 172 Å². The molecule has 0 amide bonds. The predicted molar refractivity (Wildman–Crippen MR) is 105 cm³/mol. The lowest BCUT2D eigenvalue weighted by Crippen LogP contribution is -2.08. The fourth-order valence-corrected chi connectivity index (χ4v) is 3.13. The second-order valence-electron chi connectivity index (χ2n) is 6.15. The molecule has 3 heterocycles. The third-order valence-electron chi connectivity index (χ3n) is 4.17. The maximum absolute atomic E-state index is 12.7. The van der Waals surface area contributed by atoms with Crippen molar-refractivity contribution in [3.63, 3.8) is 0 Å². The van der Waals surface area contributed by atoms with Crippen molar-refractivity contribution in [3.05, 3.63) is 63.1 Å². The van der Waals surface area contributed by atoms with Crippen LogP contribution in [0.15, 0.2) is 45.7 Å². The van der Waals surface area contributed by atoms with Crippen molar-refractivity contribution >= 4 is 28.7 Å². The molecule has 0 aliphatic carbocycles. The van der Waals surface area contributed by atoms with Gasteiger partial charge in [0.1, 0.15) is 5.69 Å². The fourth-order valence-electron chi connectivity index (χ4n) is 2.93. The van der Waals surface area contributed by atoms with Crippen LogP contribution in [0.5, 0.6) is 5.88 Å². The maximum atomic E-state index is 12.7. The molecule has 1 N–H and O–H groups in total. The Morgan fingerprint density at radius 2 is 2.13 bits per heavy atom. The molecule has 0 unspecified atom stereocenters. The summed E-state index contributed by atoms with van der Waals surface area (Å²) in [5.74, 6) is -0.502. The highest BCUT2D eigenvalue weighted by Gasteiger charge is 2.22. The largest absolute Gasteiger partial charge is 0.415 e. The van der Waals surface area contributed by atoms with Crippen molar-refractivity contribution in [2.45, 2.75) is 13.5 Å². The van der Waals surface area contributed by atoms with Crippen LogP contribution in [-0.4, -0.2) is 32.6 Å². The lowest BCUT2D eigenvalue weighted by atomic mass is 10.1. The first-order valence-corrected chi connectivity index (χ1v) is 8.87. The van der Waals surface area contributed by atoms with Crippen LogP contribution in [0.25, 0.3) is 28.3 Å². The molecule has 0 fully saturated rings. The second-order valence-corrected chi connectivity index (χ2v) is 6.56. The number of fused-ring (bicyclic) bond motifs is 1. The Morgan fingerprint density at radius 3 is 2.83 bits per heavy atom. The van der Waals surface area contributed by atoms with Crippen molar-refractivity contribution in [1.82, 2.24) is 19.7 Å². The van der Waals surface area contributed by atoms with Crippen LogP contribution >= 0.6 is 11.6 Å². The van der Waals surface area contributed by atoms with Crippen LogP contribution < -0.4 is 10.4 Å². The van der Waals surface area contributed by atoms with E-state index in [9.17, 15) is 13.6 Å². The quantitative estimate of drug-likeness (QED) is 0.479. The van der Waals surface area contributed by atoms with Gasteiger partial charge >= 0.3 is 12.2 Å². The Bertz CT molecular complexity index is 1340. The number of pyridine rings is 1. The van der Waals surface area contributed by atoms with Crippen LogP contribution in [0.3, 0.4) is 0 Å². The van der Waals surface area contributed by atoms with Gasteiger partial charge in [0, 0.05) is 18.5 Å². The minimum Gasteiger partial charge on any atom is -0.415 e. The number of ether oxygens (including phenoxy) is 1. The number of alkyl halides is 2. The van der Waals surface area contributed by atoms with Gasteiger partial charge < -0.3 is 14.6 Å². The molecule has 8 nitrogen and oxygen atoms in total. The summed E-state index contributed by atoms with van der Waals surface area (Å²) in [5.41, 5.74) is 0.813. The minimum atomic E-state index is -3.11. The van der Waals surface area contributed by atoms with Gasteiger partial charge in [0.15, 0.2) is 5.82 Å². The summed E-state index contributed by atoms with van der Waals surface area (Å²) >= 11 is 6.17. The standard InChI is InChI=1S/C19H12ClF2N5O3/c1-9-5-10(8-23)6-11-15(9)25-17(30-18(11)28)13-7-14(29-19(21)22)26-27(13)16-12(20)3-2-4-24-16/h2-8,19,23H,1H3. The zero-order chi connectivity index (χ0) is 21.4. The summed E-state index contributed by atoms with van der Waals surface area (Å²) in [7, 11) is 0. The first-order valence-electron chi connectivity index (χ1n) is 8.49. The normalized spacial score (nSPS) is 11.2. The van der Waals surface area contributed by atoms with Gasteiger partial charge in [-0.05, 0) is 42.3 Å². The molecule has 11 heteroatoms. The Kier molecular flexibility index (Phi) is 5.00. The highest BCUT2D eigenvalue weighted by Crippen LogP contribution is 2.29. The van der Waals surface area contributed by atoms with Gasteiger partial charge in [-0.2, -0.15) is 8.78 Å². The molecule has 4 aromatic rings. The number of halogens is 3. The van der Waals surface area contributed by atoms with Gasteiger partial charge in [0.05, 0.1) is 15.9 Å². The third kappa shape index (κ3) is 3.52. The number of hydrogen-bond donors (Lipinski definition) is 1. The first-order chi connectivity index (χ1) is 14.4. The van der Waals surface area contributed by atoms with E-state index < -0.39 is 18.1 Å². The number of hydrogen-bond acceptors (Lipinski definition) is 7. The Balaban J connectivity index is 1.97. The molecule has 3 aromatic heterocycles. The Morgan fingerprint density at radius 1 is 1.33 bits per heavy atom. The summed E-state index contributed by atoms with van der Waals surface area (Å²) in [6.07, 6.45) is 2.54. The summed E-state index contributed by atoms with van der Waals surface area (Å²) in [4.78, 5) is 21.1. The van der Waals surface area contributed by atoms with Crippen LogP contribution in [0.1, 0.15) is 11.1 Å². The summed E-state index contributed by atoms with van der Waals surface area (Å²) in [6.45, 7) is -1.39. The Hall–Kier alpha value is -3.66. The average molecular weight is 432 g/mol. The van der Waals surface area contributed by atoms with Gasteiger partial charge in [-0.1, -0.05) is 11.6 Å². The van der Waals surface area contributed by atoms with E-state index in [2.05, 4.69) is 19.8 Å². The lowest BCUT2D eigenvalue weighted by Gasteiger charge is -2.08. The zero-order valence-electron chi connectivity index (χ0n) is 15.3. The van der Waals surface area contributed by atoms with E-state index in [1.54, 1.807) is 19.1 Å². The van der Waals surface area contributed by atoms with Crippen LogP contribution in [0, 0.1) is 12.3 Å². The third-order valence-corrected chi connectivity index (χ3v) is 4.46. The molecule has 1 aromatic carbocycles. The molecule has 0 bridgehead atoms. The fraction of sp³-hybridized carbons (Fsp3) is 0.105. The monoisotopic (exact) mass is 431 g/mol. The number of rotatable bonds is 5. The van der Waals surface area contributed by atoms with E-state index in [4.69, 9.17) is 21.4 Å². The van der Waals surface area contributed by atoms with Gasteiger partial charge in [-0.15, -0.1) is 5.10 Å². The van der Waals surface area contributed by atoms with Crippen molar-refractivity contribution in [2.24, 2.45) is 0 Å². The number of nitrogens with zero attached hydrogens (tertiary/aromatic N) is 4. The summed E-state index contributed by atoms with van der Waals surface area (Å²) in [6, 6.07) is 7.44. The number of nitrogens with one attached hydrogen (secondary N) is 1. The number of aromatic nitrogens is 4. The van der Waals surface area contributed by atoms with Gasteiger partial charge in [-0.3, -0.25) is 0 Å². The molecule has 0 saturated carbocycles. The maximum Gasteiger partial charge on any atom is 0.388 e. The topological polar surface area (TPSA) is 107 Å². The van der Waals surface area contributed by atoms with Crippen molar-refractivity contribution in [1.29, 1.82) is 5.41 Å². The van der Waals surface area contributed by atoms with Crippen molar-refractivity contribution in [3.8, 4) is 23.3 Å².